The Morgan fingerprint density at radius 1 is 1.00 bits per heavy atom. The van der Waals surface area contributed by atoms with Gasteiger partial charge in [0.25, 0.3) is 0 Å². The number of carbonyl (C=O) groups is 1. The fourth-order valence-corrected chi connectivity index (χ4v) is 4.10. The molecule has 0 bridgehead atoms. The molecule has 6 nitrogen and oxygen atoms in total. The Bertz CT molecular complexity index is 1120. The van der Waals surface area contributed by atoms with E-state index in [1.54, 1.807) is 36.4 Å². The zero-order valence-corrected chi connectivity index (χ0v) is 21.0. The normalized spacial score (nSPS) is 11.9. The molecule has 3 aromatic carbocycles. The molecule has 0 aliphatic heterocycles. The molecule has 0 saturated carbocycles. The lowest BCUT2D eigenvalue weighted by Crippen LogP contribution is -2.24. The summed E-state index contributed by atoms with van der Waals surface area (Å²) in [6.45, 7) is 2.81. The van der Waals surface area contributed by atoms with Crippen molar-refractivity contribution in [1.82, 2.24) is 5.32 Å². The van der Waals surface area contributed by atoms with Gasteiger partial charge in [-0.3, -0.25) is 4.79 Å². The molecule has 0 aromatic heterocycles. The molecular weight excluding hydrogens is 489 g/mol. The third-order valence-electron chi connectivity index (χ3n) is 5.39. The highest BCUT2D eigenvalue weighted by molar-refractivity contribution is 6.35. The van der Waals surface area contributed by atoms with Crippen molar-refractivity contribution in [2.45, 2.75) is 39.3 Å². The van der Waals surface area contributed by atoms with E-state index in [1.807, 2.05) is 18.2 Å². The van der Waals surface area contributed by atoms with E-state index in [0.717, 1.165) is 23.1 Å². The summed E-state index contributed by atoms with van der Waals surface area (Å²) < 4.78 is 10.9. The molecule has 8 heteroatoms. The Balaban J connectivity index is 1.45. The summed E-state index contributed by atoms with van der Waals surface area (Å²) in [7, 11) is 0. The maximum absolute atomic E-state index is 11.2. The van der Waals surface area contributed by atoms with Gasteiger partial charge in [0.2, 0.25) is 0 Å². The van der Waals surface area contributed by atoms with Crippen LogP contribution in [0.25, 0.3) is 0 Å². The van der Waals surface area contributed by atoms with Gasteiger partial charge in [-0.25, -0.2) is 0 Å². The lowest BCUT2D eigenvalue weighted by molar-refractivity contribution is -0.131. The number of aliphatic hydroxyl groups excluding tert-OH is 2. The first-order valence-corrected chi connectivity index (χ1v) is 12.0. The van der Waals surface area contributed by atoms with Crippen LogP contribution in [0, 0.1) is 0 Å². The second kappa shape index (κ2) is 13.6. The molecule has 0 fully saturated rings. The van der Waals surface area contributed by atoms with Gasteiger partial charge in [0.05, 0.1) is 25.9 Å². The number of hydrogen-bond donors (Lipinski definition) is 3. The molecule has 0 radical (unpaired) electrons. The van der Waals surface area contributed by atoms with Gasteiger partial charge >= 0.3 is 5.97 Å². The van der Waals surface area contributed by atoms with Crippen molar-refractivity contribution in [3.63, 3.8) is 0 Å². The quantitative estimate of drug-likeness (QED) is 0.178. The predicted molar refractivity (Wildman–Crippen MR) is 137 cm³/mol. The molecular formula is C27H29Cl2NO5. The molecule has 186 valence electrons. The first-order valence-electron chi connectivity index (χ1n) is 11.3. The molecule has 0 saturated heterocycles. The maximum atomic E-state index is 11.2. The average Bonchev–Trinajstić information content (AvgIpc) is 2.83. The van der Waals surface area contributed by atoms with Gasteiger partial charge in [-0.15, -0.1) is 0 Å². The number of aliphatic hydroxyl groups is 2. The molecule has 3 N–H and O–H groups in total. The minimum absolute atomic E-state index is 0.290. The van der Waals surface area contributed by atoms with E-state index in [0.29, 0.717) is 53.2 Å². The van der Waals surface area contributed by atoms with Crippen molar-refractivity contribution >= 4 is 29.2 Å². The summed E-state index contributed by atoms with van der Waals surface area (Å²) in [6.07, 6.45) is 0.0209. The number of benzene rings is 3. The van der Waals surface area contributed by atoms with Crippen molar-refractivity contribution in [1.29, 1.82) is 0 Å². The molecule has 0 aliphatic rings. The minimum atomic E-state index is -0.761. The summed E-state index contributed by atoms with van der Waals surface area (Å²) in [4.78, 5) is 11.2. The fraction of sp³-hybridized carbons (Fsp3) is 0.296. The summed E-state index contributed by atoms with van der Waals surface area (Å²) in [6, 6.07) is 18.4. The number of halogens is 2. The molecule has 1 atom stereocenters. The molecule has 0 aliphatic carbocycles. The van der Waals surface area contributed by atoms with Gasteiger partial charge in [-0.05, 0) is 53.9 Å². The van der Waals surface area contributed by atoms with Crippen LogP contribution in [-0.4, -0.2) is 29.3 Å². The number of carbonyl (C=O) groups excluding carboxylic acids is 1. The van der Waals surface area contributed by atoms with Crippen LogP contribution in [0.3, 0.4) is 0 Å². The van der Waals surface area contributed by atoms with Gasteiger partial charge in [0, 0.05) is 34.6 Å². The Kier molecular flexibility index (Phi) is 10.5. The van der Waals surface area contributed by atoms with Gasteiger partial charge in [0.15, 0.2) is 0 Å². The monoisotopic (exact) mass is 517 g/mol. The van der Waals surface area contributed by atoms with Gasteiger partial charge < -0.3 is 25.0 Å². The summed E-state index contributed by atoms with van der Waals surface area (Å²) in [5.74, 6) is -0.168. The smallest absolute Gasteiger partial charge is 0.308 e. The van der Waals surface area contributed by atoms with Crippen molar-refractivity contribution in [3.05, 3.63) is 98.5 Å². The fourth-order valence-electron chi connectivity index (χ4n) is 3.59. The molecule has 3 rings (SSSR count). The first-order chi connectivity index (χ1) is 16.9. The maximum Gasteiger partial charge on any atom is 0.308 e. The predicted octanol–water partition coefficient (Wildman–Crippen LogP) is 4.99. The van der Waals surface area contributed by atoms with Crippen LogP contribution in [0.1, 0.15) is 40.8 Å². The van der Waals surface area contributed by atoms with Crippen molar-refractivity contribution in [3.8, 4) is 5.75 Å². The molecule has 0 amide bonds. The molecule has 3 aromatic rings. The van der Waals surface area contributed by atoms with E-state index in [1.165, 1.54) is 6.92 Å². The van der Waals surface area contributed by atoms with Crippen LogP contribution >= 0.6 is 23.2 Å². The van der Waals surface area contributed by atoms with Crippen molar-refractivity contribution in [2.24, 2.45) is 0 Å². The Hall–Kier alpha value is -2.45. The van der Waals surface area contributed by atoms with Crippen LogP contribution in [0.5, 0.6) is 5.75 Å². The Labute approximate surface area is 215 Å². The van der Waals surface area contributed by atoms with E-state index in [2.05, 4.69) is 11.4 Å². The molecule has 0 heterocycles. The highest BCUT2D eigenvalue weighted by atomic mass is 35.5. The third kappa shape index (κ3) is 8.32. The number of nitrogens with one attached hydrogen (secondary N) is 1. The number of hydrogen-bond acceptors (Lipinski definition) is 6. The molecule has 0 spiro atoms. The van der Waals surface area contributed by atoms with Crippen molar-refractivity contribution < 1.29 is 24.5 Å². The van der Waals surface area contributed by atoms with E-state index in [-0.39, 0.29) is 6.61 Å². The zero-order valence-electron chi connectivity index (χ0n) is 19.5. The van der Waals surface area contributed by atoms with Crippen molar-refractivity contribution in [2.75, 3.05) is 13.1 Å². The van der Waals surface area contributed by atoms with Gasteiger partial charge in [0.1, 0.15) is 5.75 Å². The van der Waals surface area contributed by atoms with E-state index in [4.69, 9.17) is 32.7 Å². The second-order valence-electron chi connectivity index (χ2n) is 8.10. The van der Waals surface area contributed by atoms with Crippen LogP contribution in [0.2, 0.25) is 10.0 Å². The minimum Gasteiger partial charge on any atom is -0.426 e. The van der Waals surface area contributed by atoms with Gasteiger partial charge in [-0.2, -0.15) is 0 Å². The Morgan fingerprint density at radius 2 is 1.71 bits per heavy atom. The number of ether oxygens (including phenoxy) is 2. The standard InChI is InChI=1S/C27H29Cl2NO5/c1-18(32)35-27-9-8-21(13-22(27)15-31)26(33)14-30-11-10-19-4-2-5-20(12-19)16-34-17-23-24(28)6-3-7-25(23)29/h2-9,12-13,26,30-31,33H,10-11,14-17H2,1H3/t26-/m0/s1. The highest BCUT2D eigenvalue weighted by Gasteiger charge is 2.12. The van der Waals surface area contributed by atoms with Crippen LogP contribution in [-0.2, 0) is 35.8 Å². The highest BCUT2D eigenvalue weighted by Crippen LogP contribution is 2.26. The lowest BCUT2D eigenvalue weighted by Gasteiger charge is -2.15. The summed E-state index contributed by atoms with van der Waals surface area (Å²) >= 11 is 12.4. The van der Waals surface area contributed by atoms with E-state index >= 15 is 0 Å². The van der Waals surface area contributed by atoms with Crippen LogP contribution in [0.4, 0.5) is 0 Å². The SMILES string of the molecule is CC(=O)Oc1ccc([C@@H](O)CNCCc2cccc(COCc3c(Cl)cccc3Cl)c2)cc1CO. The summed E-state index contributed by atoms with van der Waals surface area (Å²) in [5, 5.41) is 24.5. The molecule has 0 unspecified atom stereocenters. The van der Waals surface area contributed by atoms with E-state index < -0.39 is 12.1 Å². The number of esters is 1. The van der Waals surface area contributed by atoms with Crippen LogP contribution < -0.4 is 10.1 Å². The largest absolute Gasteiger partial charge is 0.426 e. The van der Waals surface area contributed by atoms with Crippen LogP contribution in [0.15, 0.2) is 60.7 Å². The molecule has 35 heavy (non-hydrogen) atoms. The third-order valence-corrected chi connectivity index (χ3v) is 6.10. The summed E-state index contributed by atoms with van der Waals surface area (Å²) in [5.41, 5.74) is 4.07. The topological polar surface area (TPSA) is 88.0 Å². The second-order valence-corrected chi connectivity index (χ2v) is 8.92. The van der Waals surface area contributed by atoms with E-state index in [9.17, 15) is 15.0 Å². The number of rotatable bonds is 12. The Morgan fingerprint density at radius 3 is 2.43 bits per heavy atom. The van der Waals surface area contributed by atoms with Gasteiger partial charge in [-0.1, -0.05) is 59.6 Å². The lowest BCUT2D eigenvalue weighted by atomic mass is 10.0. The zero-order chi connectivity index (χ0) is 25.2. The first kappa shape index (κ1) is 27.1. The average molecular weight is 518 g/mol.